The van der Waals surface area contributed by atoms with E-state index in [0.717, 1.165) is 22.3 Å². The minimum Gasteiger partial charge on any atom is -0.507 e. The average molecular weight is 1200 g/mol. The lowest BCUT2D eigenvalue weighted by Crippen LogP contribution is -2.63. The highest BCUT2D eigenvalue weighted by molar-refractivity contribution is 8.77. The predicted octanol–water partition coefficient (Wildman–Crippen LogP) is 6.69. The summed E-state index contributed by atoms with van der Waals surface area (Å²) in [6.07, 6.45) is 1.92. The number of imide groups is 1. The van der Waals surface area contributed by atoms with Crippen molar-refractivity contribution in [1.29, 1.82) is 0 Å². The molecule has 3 fully saturated rings. The van der Waals surface area contributed by atoms with E-state index in [0.29, 0.717) is 57.8 Å². The van der Waals surface area contributed by atoms with Crippen LogP contribution < -0.4 is 20.4 Å². The number of allylic oxidation sites excluding steroid dienone is 3. The monoisotopic (exact) mass is 1200 g/mol. The first-order chi connectivity index (χ1) is 38.6. The standard InChI is InChI=1S/C57H73ClN6O16S2/c1-31-13-11-14-42(75-10)57(74)29-41(77-54(73)59-57)33(3)52-56(7,79-52)43(28-48(70)63(9)39-25-35(23-31)24-32(2)51(39)58)78-53(72)34(4)62(8)45(67)20-22-81-82-55(5,6)30-44(66)61-60-38-17-16-36-26-37(27-40(65)50(36)38)76-21-12-15-49(71)80-64-46(68)18-19-47(64)69/h11,13-14,24-27,33-34,41-43,52,65,74H,12,15-23,28-30H2,1-10H3,(H,59,73)(H,61,66)/b14-11+,31-13+,60-38+/t33-,34+,41+,42-,43+,52+,56+,57+/m1/s1. The molecule has 4 heterocycles. The molecule has 4 N–H and O–H groups in total. The summed E-state index contributed by atoms with van der Waals surface area (Å²) < 4.78 is 29.1. The van der Waals surface area contributed by atoms with E-state index in [9.17, 15) is 48.6 Å². The largest absolute Gasteiger partial charge is 0.507 e. The van der Waals surface area contributed by atoms with E-state index in [-0.39, 0.29) is 75.5 Å². The zero-order valence-corrected chi connectivity index (χ0v) is 50.2. The molecule has 22 nitrogen and oxygen atoms in total. The van der Waals surface area contributed by atoms with Crippen LogP contribution in [0.4, 0.5) is 10.5 Å². The number of hydrogen-bond donors (Lipinski definition) is 4. The van der Waals surface area contributed by atoms with E-state index in [1.807, 2.05) is 45.9 Å². The number of aryl methyl sites for hydroxylation is 2. The molecular weight excluding hydrogens is 1120 g/mol. The maximum atomic E-state index is 14.4. The first kappa shape index (κ1) is 63.4. The van der Waals surface area contributed by atoms with Gasteiger partial charge in [-0.2, -0.15) is 5.10 Å². The summed E-state index contributed by atoms with van der Waals surface area (Å²) in [5, 5.41) is 30.5. The number of hydroxylamine groups is 2. The molecule has 3 saturated heterocycles. The second-order valence-corrected chi connectivity index (χ2v) is 25.7. The van der Waals surface area contributed by atoms with Gasteiger partial charge in [0.15, 0.2) is 5.72 Å². The number of aromatic hydroxyl groups is 1. The number of anilines is 1. The molecule has 82 heavy (non-hydrogen) atoms. The molecule has 8 atom stereocenters. The van der Waals surface area contributed by atoms with Crippen molar-refractivity contribution in [3.8, 4) is 11.5 Å². The van der Waals surface area contributed by atoms with E-state index < -0.39 is 88.2 Å². The Morgan fingerprint density at radius 2 is 1.77 bits per heavy atom. The van der Waals surface area contributed by atoms with Crippen molar-refractivity contribution < 1.29 is 77.1 Å². The fourth-order valence-corrected chi connectivity index (χ4v) is 13.0. The first-order valence-corrected chi connectivity index (χ1v) is 29.8. The fraction of sp³-hybridized carbons (Fsp3) is 0.561. The number of likely N-dealkylation sites (N-methyl/N-ethyl adjacent to an activating group) is 1. The molecule has 0 unspecified atom stereocenters. The highest BCUT2D eigenvalue weighted by atomic mass is 35.5. The van der Waals surface area contributed by atoms with Crippen molar-refractivity contribution in [3.05, 3.63) is 75.3 Å². The number of phenols is 1. The van der Waals surface area contributed by atoms with E-state index in [1.54, 1.807) is 39.1 Å². The number of carbonyl (C=O) groups excluding carboxylic acids is 8. The van der Waals surface area contributed by atoms with Crippen LogP contribution in [-0.4, -0.2) is 154 Å². The van der Waals surface area contributed by atoms with E-state index in [1.165, 1.54) is 58.5 Å². The van der Waals surface area contributed by atoms with Gasteiger partial charge in [-0.3, -0.25) is 29.3 Å². The van der Waals surface area contributed by atoms with Gasteiger partial charge in [-0.25, -0.2) is 19.8 Å². The number of alkyl carbamates (subject to hydrolysis) is 1. The minimum atomic E-state index is -1.87. The molecule has 5 aliphatic rings. The fourth-order valence-electron chi connectivity index (χ4n) is 10.3. The molecule has 7 rings (SSSR count). The minimum absolute atomic E-state index is 0.00132. The van der Waals surface area contributed by atoms with Crippen molar-refractivity contribution in [1.82, 2.24) is 20.7 Å². The molecule has 0 spiro atoms. The number of fused-ring (bicyclic) bond motifs is 6. The number of hydrazone groups is 1. The molecule has 4 bridgehead atoms. The highest BCUT2D eigenvalue weighted by Crippen LogP contribution is 2.49. The number of amides is 6. The van der Waals surface area contributed by atoms with Crippen LogP contribution in [0, 0.1) is 12.8 Å². The average Bonchev–Trinajstić information content (AvgIpc) is 2.03. The molecular formula is C57H73ClN6O16S2. The summed E-state index contributed by atoms with van der Waals surface area (Å²) in [5.41, 5.74) is 4.23. The maximum Gasteiger partial charge on any atom is 0.409 e. The molecule has 2 aromatic carbocycles. The number of nitrogens with one attached hydrogen (secondary N) is 2. The lowest BCUT2D eigenvalue weighted by atomic mass is 9.83. The number of aliphatic hydroxyl groups is 1. The Hall–Kier alpha value is -6.18. The van der Waals surface area contributed by atoms with E-state index in [2.05, 4.69) is 15.8 Å². The van der Waals surface area contributed by atoms with Gasteiger partial charge in [0.1, 0.15) is 41.5 Å². The summed E-state index contributed by atoms with van der Waals surface area (Å²) >= 11 is 6.84. The van der Waals surface area contributed by atoms with Crippen LogP contribution >= 0.6 is 33.2 Å². The number of esters is 1. The third-order valence-corrected chi connectivity index (χ3v) is 19.0. The van der Waals surface area contributed by atoms with Crippen molar-refractivity contribution in [2.24, 2.45) is 11.0 Å². The number of nitrogens with zero attached hydrogens (tertiary/aromatic N) is 4. The second kappa shape index (κ2) is 26.6. The molecule has 0 radical (unpaired) electrons. The highest BCUT2D eigenvalue weighted by Gasteiger charge is 2.64. The van der Waals surface area contributed by atoms with E-state index in [4.69, 9.17) is 40.1 Å². The topological polar surface area (TPSA) is 282 Å². The van der Waals surface area contributed by atoms with Gasteiger partial charge in [-0.05, 0) is 96.0 Å². The van der Waals surface area contributed by atoms with Gasteiger partial charge in [0.25, 0.3) is 11.8 Å². The number of ether oxygens (including phenoxy) is 5. The lowest BCUT2D eigenvalue weighted by molar-refractivity contribution is -0.197. The summed E-state index contributed by atoms with van der Waals surface area (Å²) in [6, 6.07) is 5.85. The number of hydrogen-bond acceptors (Lipinski definition) is 19. The van der Waals surface area contributed by atoms with Gasteiger partial charge in [0.05, 0.1) is 42.0 Å². The van der Waals surface area contributed by atoms with Crippen LogP contribution in [0.2, 0.25) is 5.02 Å². The Labute approximate surface area is 489 Å². The van der Waals surface area contributed by atoms with Crippen LogP contribution in [0.25, 0.3) is 0 Å². The SMILES string of the molecule is CO[C@@H]1/C=C/C=C(\C)Cc2cc(C)c(Cl)c(c2)N(C)C(=O)C[C@H](OC(=O)[C@H](C)N(C)C(=O)CCSSC(C)(C)CC(=O)N/N=C2\CCc3cc(OCCCC(=O)ON4C(=O)CCC4=O)cc(O)c32)[C@]2(C)O[C@H]2[C@H](C)[C@@H]2C[C@@]1(O)NC(=O)O2. The molecule has 6 amide bonds. The summed E-state index contributed by atoms with van der Waals surface area (Å²) in [7, 11) is 7.31. The molecule has 25 heteroatoms. The third kappa shape index (κ3) is 15.3. The van der Waals surface area contributed by atoms with Crippen molar-refractivity contribution in [2.45, 2.75) is 166 Å². The number of phenolic OH excluding ortho intramolecular Hbond substituents is 1. The second-order valence-electron chi connectivity index (χ2n) is 22.2. The number of halogens is 1. The van der Waals surface area contributed by atoms with Crippen LogP contribution in [0.15, 0.2) is 53.2 Å². The molecule has 4 aliphatic heterocycles. The van der Waals surface area contributed by atoms with Crippen LogP contribution in [0.5, 0.6) is 11.5 Å². The summed E-state index contributed by atoms with van der Waals surface area (Å²) in [4.78, 5) is 111. The van der Waals surface area contributed by atoms with E-state index >= 15 is 0 Å². The Kier molecular flexibility index (Phi) is 20.6. The lowest BCUT2D eigenvalue weighted by Gasteiger charge is -2.42. The zero-order chi connectivity index (χ0) is 60.0. The number of methoxy groups -OCH3 is 1. The Balaban J connectivity index is 0.918. The van der Waals surface area contributed by atoms with Crippen LogP contribution in [0.3, 0.4) is 0 Å². The molecule has 0 aromatic heterocycles. The zero-order valence-electron chi connectivity index (χ0n) is 47.8. The smallest absolute Gasteiger partial charge is 0.409 e. The van der Waals surface area contributed by atoms with Gasteiger partial charge < -0.3 is 48.5 Å². The molecule has 446 valence electrons. The first-order valence-electron chi connectivity index (χ1n) is 27.1. The summed E-state index contributed by atoms with van der Waals surface area (Å²) in [5.74, 6) is -3.76. The maximum absolute atomic E-state index is 14.4. The molecule has 1 aliphatic carbocycles. The van der Waals surface area contributed by atoms with Crippen molar-refractivity contribution >= 4 is 92.2 Å². The number of rotatable bonds is 18. The van der Waals surface area contributed by atoms with Gasteiger partial charge in [-0.1, -0.05) is 70.0 Å². The molecule has 0 saturated carbocycles. The van der Waals surface area contributed by atoms with Crippen LogP contribution in [-0.2, 0) is 70.2 Å². The van der Waals surface area contributed by atoms with Crippen molar-refractivity contribution in [2.75, 3.05) is 38.5 Å². The van der Waals surface area contributed by atoms with Gasteiger partial charge in [0.2, 0.25) is 17.7 Å². The van der Waals surface area contributed by atoms with Gasteiger partial charge in [-0.15, -0.1) is 5.06 Å². The predicted molar refractivity (Wildman–Crippen MR) is 306 cm³/mol. The Morgan fingerprint density at radius 3 is 2.48 bits per heavy atom. The van der Waals surface area contributed by atoms with Crippen LogP contribution in [0.1, 0.15) is 122 Å². The Morgan fingerprint density at radius 1 is 1.05 bits per heavy atom. The number of benzene rings is 2. The Bertz CT molecular complexity index is 2920. The number of epoxide rings is 1. The summed E-state index contributed by atoms with van der Waals surface area (Å²) in [6.45, 7) is 12.7. The van der Waals surface area contributed by atoms with Gasteiger partial charge >= 0.3 is 18.0 Å². The normalized spacial score (nSPS) is 26.6. The van der Waals surface area contributed by atoms with Crippen molar-refractivity contribution in [3.63, 3.8) is 0 Å². The molecule has 2 aromatic rings. The van der Waals surface area contributed by atoms with Gasteiger partial charge in [0, 0.05) is 81.4 Å². The quantitative estimate of drug-likeness (QED) is 0.0302. The number of carbonyl (C=O) groups is 8. The third-order valence-electron chi connectivity index (χ3n) is 15.2.